The number of aryl methyl sites for hydroxylation is 1. The normalized spacial score (nSPS) is 16.6. The summed E-state index contributed by atoms with van der Waals surface area (Å²) in [5.41, 5.74) is 3.02. The van der Waals surface area contributed by atoms with E-state index in [1.807, 2.05) is 29.8 Å². The van der Waals surface area contributed by atoms with Gasteiger partial charge in [0.05, 0.1) is 30.4 Å². The highest BCUT2D eigenvalue weighted by molar-refractivity contribution is 6.18. The van der Waals surface area contributed by atoms with Crippen molar-refractivity contribution < 1.29 is 18.7 Å². The van der Waals surface area contributed by atoms with Crippen LogP contribution >= 0.6 is 12.4 Å². The first kappa shape index (κ1) is 24.4. The summed E-state index contributed by atoms with van der Waals surface area (Å²) in [6, 6.07) is 10.2. The number of halogens is 2. The Kier molecular flexibility index (Phi) is 7.05. The second kappa shape index (κ2) is 9.84. The Morgan fingerprint density at radius 3 is 2.59 bits per heavy atom. The van der Waals surface area contributed by atoms with Gasteiger partial charge in [-0.15, -0.1) is 12.4 Å². The summed E-state index contributed by atoms with van der Waals surface area (Å²) in [6.07, 6.45) is 2.47. The maximum Gasteiger partial charge on any atom is 0.261 e. The monoisotopic (exact) mass is 487 g/mol. The SMILES string of the molecule is COc1ccc(N2Cc3c(c4ccc(F)cc4n3C)C2=O)cc1OCCN1CCC(C)CC1.Cl. The molecule has 6 nitrogen and oxygen atoms in total. The van der Waals surface area contributed by atoms with E-state index in [1.165, 1.54) is 25.0 Å². The van der Waals surface area contributed by atoms with Gasteiger partial charge in [-0.25, -0.2) is 4.39 Å². The van der Waals surface area contributed by atoms with Gasteiger partial charge >= 0.3 is 0 Å². The van der Waals surface area contributed by atoms with Crippen molar-refractivity contribution in [3.63, 3.8) is 0 Å². The van der Waals surface area contributed by atoms with Gasteiger partial charge < -0.3 is 18.9 Å². The third kappa shape index (κ3) is 4.34. The molecule has 0 atom stereocenters. The van der Waals surface area contributed by atoms with E-state index < -0.39 is 0 Å². The van der Waals surface area contributed by atoms with Gasteiger partial charge in [0.25, 0.3) is 5.91 Å². The minimum absolute atomic E-state index is 0. The number of methoxy groups -OCH3 is 1. The molecule has 8 heteroatoms. The van der Waals surface area contributed by atoms with Crippen LogP contribution in [0.2, 0.25) is 0 Å². The van der Waals surface area contributed by atoms with E-state index in [2.05, 4.69) is 11.8 Å². The number of benzene rings is 2. The molecule has 182 valence electrons. The van der Waals surface area contributed by atoms with E-state index in [0.717, 1.165) is 47.8 Å². The van der Waals surface area contributed by atoms with Gasteiger partial charge in [-0.05, 0) is 62.2 Å². The molecule has 0 aliphatic carbocycles. The molecular formula is C26H31ClFN3O3. The minimum Gasteiger partial charge on any atom is -0.493 e. The summed E-state index contributed by atoms with van der Waals surface area (Å²) in [5.74, 6) is 1.70. The van der Waals surface area contributed by atoms with E-state index in [4.69, 9.17) is 9.47 Å². The first-order valence-electron chi connectivity index (χ1n) is 11.6. The predicted octanol–water partition coefficient (Wildman–Crippen LogP) is 5.02. The molecule has 1 aromatic heterocycles. The van der Waals surface area contributed by atoms with E-state index in [1.54, 1.807) is 18.1 Å². The van der Waals surface area contributed by atoms with Gasteiger partial charge in [-0.3, -0.25) is 9.69 Å². The van der Waals surface area contributed by atoms with Gasteiger partial charge in [0.2, 0.25) is 0 Å². The van der Waals surface area contributed by atoms with Crippen LogP contribution in [-0.4, -0.2) is 48.7 Å². The van der Waals surface area contributed by atoms with Crippen molar-refractivity contribution in [1.29, 1.82) is 0 Å². The molecule has 2 aromatic carbocycles. The van der Waals surface area contributed by atoms with Crippen LogP contribution in [0.1, 0.15) is 35.8 Å². The number of nitrogens with zero attached hydrogens (tertiary/aromatic N) is 3. The summed E-state index contributed by atoms with van der Waals surface area (Å²) < 4.78 is 27.3. The maximum absolute atomic E-state index is 13.7. The maximum atomic E-state index is 13.7. The molecule has 34 heavy (non-hydrogen) atoms. The molecule has 0 bridgehead atoms. The van der Waals surface area contributed by atoms with Crippen LogP contribution in [0, 0.1) is 11.7 Å². The Morgan fingerprint density at radius 2 is 1.85 bits per heavy atom. The second-order valence-corrected chi connectivity index (χ2v) is 9.14. The average molecular weight is 488 g/mol. The molecule has 0 N–H and O–H groups in total. The number of piperidine rings is 1. The molecule has 1 amide bonds. The fourth-order valence-corrected chi connectivity index (χ4v) is 4.97. The molecule has 0 saturated carbocycles. The number of amides is 1. The topological polar surface area (TPSA) is 46.9 Å². The van der Waals surface area contributed by atoms with Gasteiger partial charge in [0.15, 0.2) is 11.5 Å². The van der Waals surface area contributed by atoms with E-state index in [-0.39, 0.29) is 24.1 Å². The summed E-state index contributed by atoms with van der Waals surface area (Å²) in [4.78, 5) is 17.5. The van der Waals surface area contributed by atoms with Crippen molar-refractivity contribution in [1.82, 2.24) is 9.47 Å². The standard InChI is InChI=1S/C26H30FN3O3.ClH/c1-17-8-10-29(11-9-17)12-13-33-24-15-19(5-7-23(24)32-3)30-16-22-25(26(30)31)20-6-4-18(27)14-21(20)28(22)2;/h4-7,14-15,17H,8-13,16H2,1-3H3;1H. The Bertz CT molecular complexity index is 1200. The smallest absolute Gasteiger partial charge is 0.261 e. The Hall–Kier alpha value is -2.77. The first-order valence-corrected chi connectivity index (χ1v) is 11.6. The summed E-state index contributed by atoms with van der Waals surface area (Å²) >= 11 is 0. The van der Waals surface area contributed by atoms with Crippen LogP contribution in [-0.2, 0) is 13.6 Å². The summed E-state index contributed by atoms with van der Waals surface area (Å²) in [6.45, 7) is 6.40. The molecule has 1 saturated heterocycles. The van der Waals surface area contributed by atoms with Gasteiger partial charge in [-0.1, -0.05) is 6.92 Å². The van der Waals surface area contributed by atoms with Crippen LogP contribution in [0.5, 0.6) is 11.5 Å². The molecule has 3 heterocycles. The second-order valence-electron chi connectivity index (χ2n) is 9.14. The van der Waals surface area contributed by atoms with Crippen molar-refractivity contribution in [2.75, 3.05) is 38.3 Å². The molecule has 2 aliphatic heterocycles. The summed E-state index contributed by atoms with van der Waals surface area (Å²) in [5, 5.41) is 0.780. The molecule has 0 radical (unpaired) electrons. The van der Waals surface area contributed by atoms with E-state index in [0.29, 0.717) is 30.2 Å². The zero-order valence-corrected chi connectivity index (χ0v) is 20.7. The zero-order chi connectivity index (χ0) is 23.1. The third-order valence-electron chi connectivity index (χ3n) is 7.05. The fraction of sp³-hybridized carbons (Fsp3) is 0.423. The highest BCUT2D eigenvalue weighted by Gasteiger charge is 2.34. The number of rotatable bonds is 6. The number of hydrogen-bond donors (Lipinski definition) is 0. The quantitative estimate of drug-likeness (QED) is 0.490. The molecule has 0 unspecified atom stereocenters. The number of carbonyl (C=O) groups is 1. The van der Waals surface area contributed by atoms with Gasteiger partial charge in [-0.2, -0.15) is 0 Å². The zero-order valence-electron chi connectivity index (χ0n) is 19.8. The number of fused-ring (bicyclic) bond motifs is 3. The predicted molar refractivity (Wildman–Crippen MR) is 134 cm³/mol. The van der Waals surface area contributed by atoms with E-state index >= 15 is 0 Å². The Labute approximate surface area is 205 Å². The highest BCUT2D eigenvalue weighted by Crippen LogP contribution is 2.38. The molecular weight excluding hydrogens is 457 g/mol. The number of anilines is 1. The fourth-order valence-electron chi connectivity index (χ4n) is 4.97. The lowest BCUT2D eigenvalue weighted by Gasteiger charge is -2.30. The first-order chi connectivity index (χ1) is 16.0. The lowest BCUT2D eigenvalue weighted by atomic mass is 9.99. The largest absolute Gasteiger partial charge is 0.493 e. The van der Waals surface area contributed by atoms with Gasteiger partial charge in [0.1, 0.15) is 12.4 Å². The van der Waals surface area contributed by atoms with Crippen LogP contribution < -0.4 is 14.4 Å². The number of hydrogen-bond acceptors (Lipinski definition) is 4. The van der Waals surface area contributed by atoms with Crippen LogP contribution in [0.15, 0.2) is 36.4 Å². The lowest BCUT2D eigenvalue weighted by Crippen LogP contribution is -2.35. The Balaban J connectivity index is 0.00000274. The van der Waals surface area contributed by atoms with Crippen LogP contribution in [0.3, 0.4) is 0 Å². The molecule has 0 spiro atoms. The number of aromatic nitrogens is 1. The Morgan fingerprint density at radius 1 is 1.09 bits per heavy atom. The average Bonchev–Trinajstić information content (AvgIpc) is 3.29. The number of carbonyl (C=O) groups excluding carboxylic acids is 1. The lowest BCUT2D eigenvalue weighted by molar-refractivity contribution is 0.0998. The van der Waals surface area contributed by atoms with Gasteiger partial charge in [0, 0.05) is 30.7 Å². The van der Waals surface area contributed by atoms with Crippen LogP contribution in [0.25, 0.3) is 10.9 Å². The van der Waals surface area contributed by atoms with Crippen molar-refractivity contribution in [3.8, 4) is 11.5 Å². The van der Waals surface area contributed by atoms with Crippen molar-refractivity contribution in [2.45, 2.75) is 26.3 Å². The molecule has 1 fully saturated rings. The molecule has 5 rings (SSSR count). The number of ether oxygens (including phenoxy) is 2. The van der Waals surface area contributed by atoms with E-state index in [9.17, 15) is 9.18 Å². The van der Waals surface area contributed by atoms with Crippen molar-refractivity contribution >= 4 is 34.9 Å². The van der Waals surface area contributed by atoms with Crippen molar-refractivity contribution in [2.24, 2.45) is 13.0 Å². The molecule has 2 aliphatic rings. The summed E-state index contributed by atoms with van der Waals surface area (Å²) in [7, 11) is 3.50. The van der Waals surface area contributed by atoms with Crippen molar-refractivity contribution in [3.05, 3.63) is 53.5 Å². The van der Waals surface area contributed by atoms with Crippen LogP contribution in [0.4, 0.5) is 10.1 Å². The minimum atomic E-state index is -0.304. The third-order valence-corrected chi connectivity index (χ3v) is 7.05. The molecule has 3 aromatic rings. The highest BCUT2D eigenvalue weighted by atomic mass is 35.5. The number of likely N-dealkylation sites (tertiary alicyclic amines) is 1.